The van der Waals surface area contributed by atoms with Crippen LogP contribution in [0.15, 0.2) is 124 Å². The monoisotopic (exact) mass is 564 g/mol. The molecule has 2 heterocycles. The third-order valence-corrected chi connectivity index (χ3v) is 9.91. The van der Waals surface area contributed by atoms with Crippen LogP contribution in [0.5, 0.6) is 0 Å². The summed E-state index contributed by atoms with van der Waals surface area (Å²) in [6, 6.07) is 34.9. The van der Waals surface area contributed by atoms with E-state index in [4.69, 9.17) is 8.83 Å². The molecule has 0 aliphatic heterocycles. The second kappa shape index (κ2) is 9.08. The van der Waals surface area contributed by atoms with Crippen LogP contribution in [-0.2, 0) is 0 Å². The predicted octanol–water partition coefficient (Wildman–Crippen LogP) is 9.75. The fourth-order valence-corrected chi connectivity index (χ4v) is 8.02. The molecule has 0 amide bonds. The van der Waals surface area contributed by atoms with Crippen molar-refractivity contribution in [2.75, 3.05) is 0 Å². The molecule has 2 heteroatoms. The molecule has 5 aromatic carbocycles. The molecule has 2 nitrogen and oxygen atoms in total. The lowest BCUT2D eigenvalue weighted by Crippen LogP contribution is -2.31. The molecule has 0 spiro atoms. The number of fused-ring (bicyclic) bond motifs is 10. The van der Waals surface area contributed by atoms with E-state index in [0.717, 1.165) is 46.0 Å². The molecule has 7 aromatic rings. The van der Waals surface area contributed by atoms with E-state index in [1.807, 2.05) is 6.07 Å². The Kier molecular flexibility index (Phi) is 4.98. The van der Waals surface area contributed by atoms with Gasteiger partial charge >= 0.3 is 0 Å². The van der Waals surface area contributed by atoms with E-state index >= 15 is 0 Å². The molecule has 2 unspecified atom stereocenters. The Morgan fingerprint density at radius 3 is 1.86 bits per heavy atom. The zero-order valence-electron chi connectivity index (χ0n) is 24.1. The zero-order chi connectivity index (χ0) is 28.8. The van der Waals surface area contributed by atoms with E-state index in [-0.39, 0.29) is 11.8 Å². The van der Waals surface area contributed by atoms with E-state index in [0.29, 0.717) is 0 Å². The number of furan rings is 2. The van der Waals surface area contributed by atoms with Crippen LogP contribution in [0.25, 0.3) is 72.9 Å². The molecule has 208 valence electrons. The normalized spacial score (nSPS) is 18.8. The Morgan fingerprint density at radius 2 is 1.18 bits per heavy atom. The fraction of sp³-hybridized carbons (Fsp3) is 0.0952. The van der Waals surface area contributed by atoms with Crippen LogP contribution in [0, 0.1) is 5.92 Å². The van der Waals surface area contributed by atoms with Gasteiger partial charge in [0.2, 0.25) is 0 Å². The van der Waals surface area contributed by atoms with Crippen molar-refractivity contribution in [3.05, 3.63) is 148 Å². The minimum atomic E-state index is 0.0221. The SMILES string of the molecule is C1=CCCC(c2c3ccccc3c(C3=Cc4c(oc5ccccc45)C4C=c5oc6ccccc6c5=CC34)c3ccccc23)=C1. The second-order valence-electron chi connectivity index (χ2n) is 12.2. The van der Waals surface area contributed by atoms with E-state index in [2.05, 4.69) is 127 Å². The van der Waals surface area contributed by atoms with Crippen molar-refractivity contribution >= 4 is 72.9 Å². The van der Waals surface area contributed by atoms with Gasteiger partial charge in [-0.25, -0.2) is 0 Å². The molecule has 0 bridgehead atoms. The van der Waals surface area contributed by atoms with E-state index in [1.54, 1.807) is 0 Å². The molecule has 10 rings (SSSR count). The van der Waals surface area contributed by atoms with Crippen LogP contribution in [0.1, 0.15) is 41.2 Å². The number of rotatable bonds is 2. The van der Waals surface area contributed by atoms with Gasteiger partial charge in [-0.3, -0.25) is 0 Å². The summed E-state index contributed by atoms with van der Waals surface area (Å²) in [5, 5.41) is 8.73. The number of hydrogen-bond acceptors (Lipinski definition) is 2. The maximum atomic E-state index is 6.66. The molecule has 0 saturated carbocycles. The molecule has 0 fully saturated rings. The van der Waals surface area contributed by atoms with Crippen LogP contribution < -0.4 is 10.6 Å². The summed E-state index contributed by atoms with van der Waals surface area (Å²) < 4.78 is 13.1. The maximum absolute atomic E-state index is 6.66. The highest BCUT2D eigenvalue weighted by Crippen LogP contribution is 2.52. The summed E-state index contributed by atoms with van der Waals surface area (Å²) in [5.41, 5.74) is 9.40. The second-order valence-corrected chi connectivity index (χ2v) is 12.2. The molecule has 0 saturated heterocycles. The lowest BCUT2D eigenvalue weighted by atomic mass is 9.71. The average Bonchev–Trinajstić information content (AvgIpc) is 3.64. The molecule has 3 aliphatic rings. The van der Waals surface area contributed by atoms with Gasteiger partial charge in [-0.05, 0) is 80.9 Å². The first-order chi connectivity index (χ1) is 21.8. The fourth-order valence-electron chi connectivity index (χ4n) is 8.02. The molecule has 0 radical (unpaired) electrons. The van der Waals surface area contributed by atoms with E-state index in [9.17, 15) is 0 Å². The van der Waals surface area contributed by atoms with Crippen LogP contribution in [0.2, 0.25) is 0 Å². The van der Waals surface area contributed by atoms with Crippen molar-refractivity contribution in [2.45, 2.75) is 18.8 Å². The molecule has 44 heavy (non-hydrogen) atoms. The van der Waals surface area contributed by atoms with Gasteiger partial charge < -0.3 is 8.83 Å². The van der Waals surface area contributed by atoms with E-state index in [1.165, 1.54) is 54.6 Å². The van der Waals surface area contributed by atoms with Gasteiger partial charge in [0.1, 0.15) is 22.3 Å². The molecule has 2 atom stereocenters. The summed E-state index contributed by atoms with van der Waals surface area (Å²) >= 11 is 0. The smallest absolute Gasteiger partial charge is 0.135 e. The van der Waals surface area contributed by atoms with Crippen molar-refractivity contribution in [3.63, 3.8) is 0 Å². The standard InChI is InChI=1S/C42H28O2/c1-2-12-25(13-3-1)40-28-16-4-6-18-30(28)41(31-19-7-5-17-29(31)40)34-23-35-27-15-9-11-21-38(27)44-42(35)36-24-39-33(22-32(34)36)26-14-8-10-20-37(26)43-39/h1-2,4-12,14-24,32,36H,3,13H2. The molecular formula is C42H28O2. The lowest BCUT2D eigenvalue weighted by Gasteiger charge is -2.31. The van der Waals surface area contributed by atoms with Crippen LogP contribution >= 0.6 is 0 Å². The number of allylic oxidation sites excluding steroid dienone is 5. The highest BCUT2D eigenvalue weighted by atomic mass is 16.3. The zero-order valence-corrected chi connectivity index (χ0v) is 24.1. The van der Waals surface area contributed by atoms with Crippen LogP contribution in [0.3, 0.4) is 0 Å². The first-order valence-electron chi connectivity index (χ1n) is 15.6. The van der Waals surface area contributed by atoms with Gasteiger partial charge in [0.15, 0.2) is 0 Å². The third-order valence-electron chi connectivity index (χ3n) is 9.91. The summed E-state index contributed by atoms with van der Waals surface area (Å²) in [6.07, 6.45) is 16.1. The largest absolute Gasteiger partial charge is 0.460 e. The van der Waals surface area contributed by atoms with Gasteiger partial charge in [-0.15, -0.1) is 0 Å². The van der Waals surface area contributed by atoms with Gasteiger partial charge in [0.25, 0.3) is 0 Å². The molecule has 0 N–H and O–H groups in total. The van der Waals surface area contributed by atoms with Gasteiger partial charge in [-0.1, -0.05) is 109 Å². The Bertz CT molecular complexity index is 2510. The lowest BCUT2D eigenvalue weighted by molar-refractivity contribution is 0.503. The summed E-state index contributed by atoms with van der Waals surface area (Å²) in [4.78, 5) is 0. The minimum Gasteiger partial charge on any atom is -0.460 e. The topological polar surface area (TPSA) is 26.3 Å². The molecule has 3 aliphatic carbocycles. The number of hydrogen-bond donors (Lipinski definition) is 0. The summed E-state index contributed by atoms with van der Waals surface area (Å²) in [5.74, 6) is 1.13. The third kappa shape index (κ3) is 3.31. The average molecular weight is 565 g/mol. The predicted molar refractivity (Wildman–Crippen MR) is 183 cm³/mol. The minimum absolute atomic E-state index is 0.0221. The first kappa shape index (κ1) is 24.1. The molecular weight excluding hydrogens is 536 g/mol. The maximum Gasteiger partial charge on any atom is 0.135 e. The number of para-hydroxylation sites is 2. The highest BCUT2D eigenvalue weighted by Gasteiger charge is 2.37. The highest BCUT2D eigenvalue weighted by molar-refractivity contribution is 6.19. The Morgan fingerprint density at radius 1 is 0.568 bits per heavy atom. The van der Waals surface area contributed by atoms with E-state index < -0.39 is 0 Å². The Balaban J connectivity index is 1.35. The van der Waals surface area contributed by atoms with Crippen molar-refractivity contribution in [3.8, 4) is 0 Å². The first-order valence-corrected chi connectivity index (χ1v) is 15.6. The van der Waals surface area contributed by atoms with Crippen molar-refractivity contribution in [1.29, 1.82) is 0 Å². The Hall–Kier alpha value is -5.34. The van der Waals surface area contributed by atoms with Crippen molar-refractivity contribution in [1.82, 2.24) is 0 Å². The summed E-state index contributed by atoms with van der Waals surface area (Å²) in [7, 11) is 0. The Labute approximate surface area is 254 Å². The van der Waals surface area contributed by atoms with Crippen molar-refractivity contribution < 1.29 is 8.83 Å². The quantitative estimate of drug-likeness (QED) is 0.195. The summed E-state index contributed by atoms with van der Waals surface area (Å²) in [6.45, 7) is 0. The van der Waals surface area contributed by atoms with Crippen LogP contribution in [-0.4, -0.2) is 0 Å². The molecule has 2 aromatic heterocycles. The van der Waals surface area contributed by atoms with Crippen molar-refractivity contribution in [2.24, 2.45) is 5.92 Å². The van der Waals surface area contributed by atoms with Gasteiger partial charge in [-0.2, -0.15) is 0 Å². The van der Waals surface area contributed by atoms with Gasteiger partial charge in [0, 0.05) is 27.5 Å². The van der Waals surface area contributed by atoms with Gasteiger partial charge in [0.05, 0.1) is 5.92 Å². The number of benzene rings is 5. The van der Waals surface area contributed by atoms with Crippen LogP contribution in [0.4, 0.5) is 0 Å².